The Hall–Kier alpha value is -1.06. The van der Waals surface area contributed by atoms with Gasteiger partial charge in [0.15, 0.2) is 0 Å². The van der Waals surface area contributed by atoms with Crippen molar-refractivity contribution in [1.29, 1.82) is 0 Å². The van der Waals surface area contributed by atoms with Crippen LogP contribution in [0.1, 0.15) is 50.7 Å². The van der Waals surface area contributed by atoms with E-state index in [1.807, 2.05) is 0 Å². The van der Waals surface area contributed by atoms with Gasteiger partial charge in [-0.05, 0) is 44.2 Å². The lowest BCUT2D eigenvalue weighted by Crippen LogP contribution is -2.35. The monoisotopic (exact) mass is 291 g/mol. The van der Waals surface area contributed by atoms with Crippen LogP contribution in [-0.4, -0.2) is 23.9 Å². The molecule has 0 spiro atoms. The Balaban J connectivity index is 2.06. The van der Waals surface area contributed by atoms with Crippen LogP contribution in [0.15, 0.2) is 18.2 Å². The molecule has 0 saturated heterocycles. The van der Waals surface area contributed by atoms with E-state index in [1.54, 1.807) is 0 Å². The van der Waals surface area contributed by atoms with Gasteiger partial charge in [-0.2, -0.15) is 0 Å². The quantitative estimate of drug-likeness (QED) is 0.844. The van der Waals surface area contributed by atoms with Crippen molar-refractivity contribution in [2.45, 2.75) is 65.2 Å². The summed E-state index contributed by atoms with van der Waals surface area (Å²) in [4.78, 5) is 0. The van der Waals surface area contributed by atoms with Gasteiger partial charge in [-0.25, -0.2) is 0 Å². The van der Waals surface area contributed by atoms with Crippen LogP contribution in [0.2, 0.25) is 0 Å². The number of benzene rings is 1. The largest absolute Gasteiger partial charge is 0.487 e. The second-order valence-corrected chi connectivity index (χ2v) is 6.60. The molecule has 2 N–H and O–H groups in total. The second kappa shape index (κ2) is 7.81. The van der Waals surface area contributed by atoms with Gasteiger partial charge < -0.3 is 15.2 Å². The highest BCUT2D eigenvalue weighted by molar-refractivity contribution is 5.41. The zero-order valence-electron chi connectivity index (χ0n) is 13.6. The van der Waals surface area contributed by atoms with E-state index < -0.39 is 0 Å². The van der Waals surface area contributed by atoms with E-state index in [0.717, 1.165) is 50.1 Å². The number of aliphatic hydroxyl groups is 1. The van der Waals surface area contributed by atoms with Crippen LogP contribution >= 0.6 is 0 Å². The van der Waals surface area contributed by atoms with Gasteiger partial charge in [0, 0.05) is 12.1 Å². The summed E-state index contributed by atoms with van der Waals surface area (Å²) in [5, 5.41) is 13.6. The third-order valence-electron chi connectivity index (χ3n) is 4.10. The van der Waals surface area contributed by atoms with Crippen molar-refractivity contribution in [3.63, 3.8) is 0 Å². The Bertz CT molecular complexity index is 445. The molecule has 21 heavy (non-hydrogen) atoms. The van der Waals surface area contributed by atoms with Crippen LogP contribution in [0, 0.1) is 12.8 Å². The van der Waals surface area contributed by atoms with Crippen LogP contribution in [0.25, 0.3) is 0 Å². The lowest BCUT2D eigenvalue weighted by atomic mass is 9.94. The van der Waals surface area contributed by atoms with Gasteiger partial charge in [0.1, 0.15) is 11.9 Å². The summed E-state index contributed by atoms with van der Waals surface area (Å²) in [6.07, 6.45) is 3.69. The zero-order chi connectivity index (χ0) is 15.2. The van der Waals surface area contributed by atoms with Crippen LogP contribution in [0.5, 0.6) is 5.75 Å². The van der Waals surface area contributed by atoms with Crippen LogP contribution < -0.4 is 10.1 Å². The molecule has 1 aromatic rings. The zero-order valence-corrected chi connectivity index (χ0v) is 13.6. The minimum Gasteiger partial charge on any atom is -0.487 e. The predicted octanol–water partition coefficient (Wildman–Crippen LogP) is 3.42. The molecule has 0 aromatic heterocycles. The van der Waals surface area contributed by atoms with E-state index in [9.17, 15) is 5.11 Å². The van der Waals surface area contributed by atoms with Crippen LogP contribution in [0.4, 0.5) is 0 Å². The minimum absolute atomic E-state index is 0.0521. The Morgan fingerprint density at radius 3 is 2.76 bits per heavy atom. The van der Waals surface area contributed by atoms with E-state index in [-0.39, 0.29) is 12.2 Å². The standard InChI is InChI=1S/C18H29NO2/c1-13(2)11-19-12-15-8-6-7-14(3)18(15)21-17-10-5-4-9-16(17)20/h6-8,13,16-17,19-20H,4-5,9-12H2,1-3H3. The number of aliphatic hydroxyl groups excluding tert-OH is 1. The molecule has 1 aromatic carbocycles. The average molecular weight is 291 g/mol. The molecule has 1 aliphatic carbocycles. The molecule has 1 saturated carbocycles. The van der Waals surface area contributed by atoms with Crippen molar-refractivity contribution < 1.29 is 9.84 Å². The third-order valence-corrected chi connectivity index (χ3v) is 4.10. The summed E-state index contributed by atoms with van der Waals surface area (Å²) in [5.41, 5.74) is 2.34. The van der Waals surface area contributed by atoms with Gasteiger partial charge in [0.25, 0.3) is 0 Å². The topological polar surface area (TPSA) is 41.5 Å². The molecule has 2 rings (SSSR count). The molecule has 3 nitrogen and oxygen atoms in total. The van der Waals surface area contributed by atoms with E-state index in [4.69, 9.17) is 4.74 Å². The summed E-state index contributed by atoms with van der Waals surface area (Å²) < 4.78 is 6.20. The summed E-state index contributed by atoms with van der Waals surface area (Å²) in [7, 11) is 0. The molecule has 0 bridgehead atoms. The van der Waals surface area contributed by atoms with Crippen molar-refractivity contribution in [3.05, 3.63) is 29.3 Å². The number of rotatable bonds is 6. The molecule has 2 atom stereocenters. The molecule has 0 radical (unpaired) electrons. The first-order valence-corrected chi connectivity index (χ1v) is 8.22. The predicted molar refractivity (Wildman–Crippen MR) is 86.6 cm³/mol. The normalized spacial score (nSPS) is 22.5. The summed E-state index contributed by atoms with van der Waals surface area (Å²) in [6.45, 7) is 8.31. The number of aryl methyl sites for hydroxylation is 1. The molecular weight excluding hydrogens is 262 g/mol. The smallest absolute Gasteiger partial charge is 0.127 e. The highest BCUT2D eigenvalue weighted by Crippen LogP contribution is 2.29. The molecule has 0 aliphatic heterocycles. The Kier molecular flexibility index (Phi) is 6.07. The maximum absolute atomic E-state index is 10.1. The lowest BCUT2D eigenvalue weighted by Gasteiger charge is -2.29. The number of ether oxygens (including phenoxy) is 1. The minimum atomic E-state index is -0.324. The van der Waals surface area contributed by atoms with Crippen molar-refractivity contribution in [3.8, 4) is 5.75 Å². The maximum atomic E-state index is 10.1. The number of hydrogen-bond acceptors (Lipinski definition) is 3. The van der Waals surface area contributed by atoms with Gasteiger partial charge in [0.2, 0.25) is 0 Å². The molecule has 2 unspecified atom stereocenters. The molecule has 3 heteroatoms. The fourth-order valence-corrected chi connectivity index (χ4v) is 2.88. The Morgan fingerprint density at radius 1 is 1.29 bits per heavy atom. The fourth-order valence-electron chi connectivity index (χ4n) is 2.88. The average Bonchev–Trinajstić information content (AvgIpc) is 2.44. The summed E-state index contributed by atoms with van der Waals surface area (Å²) >= 11 is 0. The highest BCUT2D eigenvalue weighted by atomic mass is 16.5. The maximum Gasteiger partial charge on any atom is 0.127 e. The van der Waals surface area contributed by atoms with E-state index >= 15 is 0 Å². The number of nitrogens with one attached hydrogen (secondary N) is 1. The van der Waals surface area contributed by atoms with Gasteiger partial charge in [-0.15, -0.1) is 0 Å². The SMILES string of the molecule is Cc1cccc(CNCC(C)C)c1OC1CCCCC1O. The molecule has 0 amide bonds. The first kappa shape index (κ1) is 16.3. The van der Waals surface area contributed by atoms with Crippen LogP contribution in [-0.2, 0) is 6.54 Å². The van der Waals surface area contributed by atoms with Crippen molar-refractivity contribution in [2.24, 2.45) is 5.92 Å². The van der Waals surface area contributed by atoms with Crippen molar-refractivity contribution in [2.75, 3.05) is 6.54 Å². The second-order valence-electron chi connectivity index (χ2n) is 6.60. The highest BCUT2D eigenvalue weighted by Gasteiger charge is 2.25. The van der Waals surface area contributed by atoms with E-state index in [1.165, 1.54) is 5.56 Å². The number of hydrogen-bond donors (Lipinski definition) is 2. The molecule has 1 aliphatic rings. The van der Waals surface area contributed by atoms with Crippen molar-refractivity contribution >= 4 is 0 Å². The third kappa shape index (κ3) is 4.72. The van der Waals surface area contributed by atoms with E-state index in [0.29, 0.717) is 5.92 Å². The van der Waals surface area contributed by atoms with Gasteiger partial charge >= 0.3 is 0 Å². The Morgan fingerprint density at radius 2 is 2.05 bits per heavy atom. The summed E-state index contributed by atoms with van der Waals surface area (Å²) in [5.74, 6) is 1.60. The van der Waals surface area contributed by atoms with Gasteiger partial charge in [-0.3, -0.25) is 0 Å². The fraction of sp³-hybridized carbons (Fsp3) is 0.667. The first-order valence-electron chi connectivity index (χ1n) is 8.22. The lowest BCUT2D eigenvalue weighted by molar-refractivity contribution is 0.00602. The molecule has 118 valence electrons. The van der Waals surface area contributed by atoms with Crippen LogP contribution in [0.3, 0.4) is 0 Å². The Labute approximate surface area is 128 Å². The van der Waals surface area contributed by atoms with Gasteiger partial charge in [-0.1, -0.05) is 38.5 Å². The number of para-hydroxylation sites is 1. The molecule has 0 heterocycles. The van der Waals surface area contributed by atoms with Gasteiger partial charge in [0.05, 0.1) is 6.10 Å². The summed E-state index contributed by atoms with van der Waals surface area (Å²) in [6, 6.07) is 6.27. The molecule has 1 fully saturated rings. The van der Waals surface area contributed by atoms with Crippen molar-refractivity contribution in [1.82, 2.24) is 5.32 Å². The van der Waals surface area contributed by atoms with E-state index in [2.05, 4.69) is 44.3 Å². The molecular formula is C18H29NO2. The first-order chi connectivity index (χ1) is 10.1.